The molecule has 2 aliphatic heterocycles. The van der Waals surface area contributed by atoms with Crippen LogP contribution in [0, 0.1) is 0 Å². The summed E-state index contributed by atoms with van der Waals surface area (Å²) in [5.41, 5.74) is 2.06. The van der Waals surface area contributed by atoms with Crippen molar-refractivity contribution in [3.05, 3.63) is 0 Å². The molecule has 0 aliphatic carbocycles. The highest BCUT2D eigenvalue weighted by molar-refractivity contribution is 8.00. The predicted octanol–water partition coefficient (Wildman–Crippen LogP) is 0.963. The van der Waals surface area contributed by atoms with Crippen LogP contribution >= 0.6 is 11.8 Å². The van der Waals surface area contributed by atoms with Crippen LogP contribution in [0.3, 0.4) is 0 Å². The average molecular weight is 360 g/mol. The summed E-state index contributed by atoms with van der Waals surface area (Å²) in [5.74, 6) is 4.97. The lowest BCUT2D eigenvalue weighted by Gasteiger charge is -2.16. The van der Waals surface area contributed by atoms with Crippen molar-refractivity contribution in [2.45, 2.75) is 69.2 Å². The Morgan fingerprint density at radius 3 is 2.67 bits per heavy atom. The number of carboxylic acids is 1. The Labute approximate surface area is 146 Å². The second-order valence-corrected chi connectivity index (χ2v) is 7.20. The summed E-state index contributed by atoms with van der Waals surface area (Å²) < 4.78 is 0. The first-order valence-corrected chi connectivity index (χ1v) is 9.42. The topological polar surface area (TPSA) is 134 Å². The van der Waals surface area contributed by atoms with E-state index in [1.165, 1.54) is 0 Å². The van der Waals surface area contributed by atoms with Crippen molar-refractivity contribution in [2.24, 2.45) is 5.84 Å². The highest BCUT2D eigenvalue weighted by Gasteiger charge is 2.42. The molecule has 3 amide bonds. The van der Waals surface area contributed by atoms with Crippen molar-refractivity contribution >= 4 is 29.7 Å². The fourth-order valence-electron chi connectivity index (χ4n) is 2.67. The maximum absolute atomic E-state index is 11.1. The first-order chi connectivity index (χ1) is 11.5. The number of hydrogen-bond donors (Lipinski definition) is 5. The molecule has 0 saturated carbocycles. The molecule has 2 fully saturated rings. The number of hydrogen-bond acceptors (Lipinski definition) is 5. The number of fused-ring (bicyclic) bond motifs is 1. The van der Waals surface area contributed by atoms with Crippen LogP contribution in [0.4, 0.5) is 4.79 Å². The molecule has 2 aliphatic rings. The third kappa shape index (κ3) is 7.39. The molecule has 0 aromatic heterocycles. The van der Waals surface area contributed by atoms with Crippen LogP contribution in [0.2, 0.25) is 0 Å². The van der Waals surface area contributed by atoms with Crippen molar-refractivity contribution in [1.29, 1.82) is 0 Å². The summed E-state index contributed by atoms with van der Waals surface area (Å²) in [6, 6.07) is 0.440. The second-order valence-electron chi connectivity index (χ2n) is 5.93. The number of thioether (sulfide) groups is 1. The van der Waals surface area contributed by atoms with E-state index in [9.17, 15) is 14.4 Å². The van der Waals surface area contributed by atoms with E-state index in [2.05, 4.69) is 16.1 Å². The Kier molecular flexibility index (Phi) is 9.55. The summed E-state index contributed by atoms with van der Waals surface area (Å²) in [6.07, 6.45) is 5.38. The van der Waals surface area contributed by atoms with E-state index < -0.39 is 5.97 Å². The van der Waals surface area contributed by atoms with Gasteiger partial charge in [0.1, 0.15) is 0 Å². The SMILES string of the molecule is CCCCC(=O)NN.O=C(O)CCCC[C@@H]1SC[C@@H]2NC(=O)N[C@@H]21. The number of urea groups is 1. The summed E-state index contributed by atoms with van der Waals surface area (Å²) in [6.45, 7) is 2.03. The highest BCUT2D eigenvalue weighted by Crippen LogP contribution is 2.33. The van der Waals surface area contributed by atoms with Gasteiger partial charge in [0.25, 0.3) is 0 Å². The number of rotatable bonds is 8. The summed E-state index contributed by atoms with van der Waals surface area (Å²) in [5, 5.41) is 14.8. The minimum atomic E-state index is -0.729. The molecule has 6 N–H and O–H groups in total. The minimum Gasteiger partial charge on any atom is -0.481 e. The molecule has 3 atom stereocenters. The minimum absolute atomic E-state index is 0.0640. The van der Waals surface area contributed by atoms with Crippen LogP contribution in [0.5, 0.6) is 0 Å². The Morgan fingerprint density at radius 1 is 1.29 bits per heavy atom. The number of carboxylic acid groups (broad SMARTS) is 1. The second kappa shape index (κ2) is 11.1. The van der Waals surface area contributed by atoms with Crippen LogP contribution in [0.1, 0.15) is 51.9 Å². The van der Waals surface area contributed by atoms with Crippen molar-refractivity contribution in [3.8, 4) is 0 Å². The quantitative estimate of drug-likeness (QED) is 0.144. The van der Waals surface area contributed by atoms with E-state index in [1.807, 2.05) is 18.7 Å². The van der Waals surface area contributed by atoms with Gasteiger partial charge in [-0.2, -0.15) is 11.8 Å². The van der Waals surface area contributed by atoms with Crippen LogP contribution in [-0.4, -0.2) is 46.1 Å². The molecule has 0 aromatic rings. The van der Waals surface area contributed by atoms with E-state index in [0.29, 0.717) is 11.7 Å². The molecule has 8 nitrogen and oxygen atoms in total. The molecule has 2 rings (SSSR count). The first kappa shape index (κ1) is 20.6. The van der Waals surface area contributed by atoms with Crippen molar-refractivity contribution in [2.75, 3.05) is 5.75 Å². The molecule has 2 saturated heterocycles. The van der Waals surface area contributed by atoms with E-state index >= 15 is 0 Å². The maximum atomic E-state index is 11.1. The standard InChI is InChI=1S/C10H16N2O3S.C5H12N2O/c13-8(14)4-2-1-3-7-9-6(5-16-7)11-10(15)12-9;1-2-3-4-5(8)7-6/h6-7,9H,1-5H2,(H,13,14)(H2,11,12,15);2-4,6H2,1H3,(H,7,8)/t6-,7-,9-;/m0./s1. The van der Waals surface area contributed by atoms with E-state index in [-0.39, 0.29) is 30.4 Å². The fraction of sp³-hybridized carbons (Fsp3) is 0.800. The Morgan fingerprint density at radius 2 is 2.04 bits per heavy atom. The Balaban J connectivity index is 0.000000307. The molecule has 138 valence electrons. The number of unbranched alkanes of at least 4 members (excludes halogenated alkanes) is 2. The number of carbonyl (C=O) groups excluding carboxylic acids is 2. The lowest BCUT2D eigenvalue weighted by Crippen LogP contribution is -2.36. The average Bonchev–Trinajstić information content (AvgIpc) is 3.09. The monoisotopic (exact) mass is 360 g/mol. The lowest BCUT2D eigenvalue weighted by atomic mass is 10.0. The van der Waals surface area contributed by atoms with E-state index in [1.54, 1.807) is 0 Å². The van der Waals surface area contributed by atoms with Gasteiger partial charge in [0.15, 0.2) is 0 Å². The largest absolute Gasteiger partial charge is 0.481 e. The molecule has 0 bridgehead atoms. The fourth-order valence-corrected chi connectivity index (χ4v) is 4.22. The zero-order valence-electron chi connectivity index (χ0n) is 14.0. The zero-order valence-corrected chi connectivity index (χ0v) is 14.9. The number of amides is 3. The normalized spacial score (nSPS) is 24.2. The molecule has 0 spiro atoms. The number of nitrogens with one attached hydrogen (secondary N) is 3. The summed E-state index contributed by atoms with van der Waals surface area (Å²) in [4.78, 5) is 31.8. The van der Waals surface area contributed by atoms with E-state index in [4.69, 9.17) is 10.9 Å². The van der Waals surface area contributed by atoms with Crippen LogP contribution in [0.15, 0.2) is 0 Å². The maximum Gasteiger partial charge on any atom is 0.315 e. The molecule has 0 aromatic carbocycles. The van der Waals surface area contributed by atoms with Gasteiger partial charge in [-0.3, -0.25) is 15.0 Å². The molecular weight excluding hydrogens is 332 g/mol. The zero-order chi connectivity index (χ0) is 17.9. The van der Waals surface area contributed by atoms with Crippen LogP contribution in [0.25, 0.3) is 0 Å². The van der Waals surface area contributed by atoms with Gasteiger partial charge in [0.05, 0.1) is 12.1 Å². The molecule has 24 heavy (non-hydrogen) atoms. The van der Waals surface area contributed by atoms with Crippen LogP contribution < -0.4 is 21.9 Å². The van der Waals surface area contributed by atoms with Crippen LogP contribution in [-0.2, 0) is 9.59 Å². The van der Waals surface area contributed by atoms with Gasteiger partial charge >= 0.3 is 12.0 Å². The van der Waals surface area contributed by atoms with Crippen molar-refractivity contribution in [3.63, 3.8) is 0 Å². The third-order valence-electron chi connectivity index (χ3n) is 3.99. The van der Waals surface area contributed by atoms with Gasteiger partial charge in [-0.15, -0.1) is 0 Å². The smallest absolute Gasteiger partial charge is 0.315 e. The third-order valence-corrected chi connectivity index (χ3v) is 5.49. The van der Waals surface area contributed by atoms with Crippen molar-refractivity contribution < 1.29 is 19.5 Å². The Bertz CT molecular complexity index is 436. The number of aliphatic carboxylic acids is 1. The number of carbonyl (C=O) groups is 3. The molecular formula is C15H28N4O4S. The van der Waals surface area contributed by atoms with Gasteiger partial charge in [-0.05, 0) is 19.3 Å². The lowest BCUT2D eigenvalue weighted by molar-refractivity contribution is -0.137. The molecule has 0 unspecified atom stereocenters. The molecule has 9 heteroatoms. The Hall–Kier alpha value is -1.48. The van der Waals surface area contributed by atoms with Crippen molar-refractivity contribution in [1.82, 2.24) is 16.1 Å². The summed E-state index contributed by atoms with van der Waals surface area (Å²) >= 11 is 1.87. The van der Waals surface area contributed by atoms with Gasteiger partial charge in [-0.25, -0.2) is 10.6 Å². The number of nitrogens with two attached hydrogens (primary N) is 1. The number of hydrazine groups is 1. The van der Waals surface area contributed by atoms with Gasteiger partial charge in [-0.1, -0.05) is 19.8 Å². The first-order valence-electron chi connectivity index (χ1n) is 8.37. The summed E-state index contributed by atoms with van der Waals surface area (Å²) in [7, 11) is 0. The van der Waals surface area contributed by atoms with Gasteiger partial charge < -0.3 is 15.7 Å². The highest BCUT2D eigenvalue weighted by atomic mass is 32.2. The molecule has 0 radical (unpaired) electrons. The predicted molar refractivity (Wildman–Crippen MR) is 93.4 cm³/mol. The van der Waals surface area contributed by atoms with Gasteiger partial charge in [0, 0.05) is 23.8 Å². The molecule has 2 heterocycles. The van der Waals surface area contributed by atoms with Gasteiger partial charge in [0.2, 0.25) is 5.91 Å². The van der Waals surface area contributed by atoms with E-state index in [0.717, 1.165) is 37.9 Å².